The predicted octanol–water partition coefficient (Wildman–Crippen LogP) is 3.68. The van der Waals surface area contributed by atoms with E-state index in [1.165, 1.54) is 11.3 Å². The number of hydrogen-bond donors (Lipinski definition) is 2. The third-order valence-electron chi connectivity index (χ3n) is 5.71. The van der Waals surface area contributed by atoms with Crippen LogP contribution in [0.4, 0.5) is 0 Å². The number of halogens is 1. The fraction of sp³-hybridized carbons (Fsp3) is 0.750. The second kappa shape index (κ2) is 9.91. The standard InChI is InChI=1S/C20H32N4O3S.HI/c1-7-21-19(24-15-13-9-10-27-16(13)20(15,5)6)23-12(4)17-22-11(3)14(28-17)18(25)26-8-2;/h12-13,15-16H,7-10H2,1-6H3,(H2,21,23,24);1H. The van der Waals surface area contributed by atoms with Gasteiger partial charge in [-0.3, -0.25) is 4.99 Å². The van der Waals surface area contributed by atoms with Gasteiger partial charge in [-0.25, -0.2) is 9.78 Å². The van der Waals surface area contributed by atoms with Crippen LogP contribution in [-0.2, 0) is 9.47 Å². The number of nitrogens with one attached hydrogen (secondary N) is 2. The number of aryl methyl sites for hydroxylation is 1. The van der Waals surface area contributed by atoms with Crippen LogP contribution >= 0.6 is 35.3 Å². The van der Waals surface area contributed by atoms with Gasteiger partial charge in [-0.1, -0.05) is 13.8 Å². The number of carbonyl (C=O) groups is 1. The number of aliphatic imine (C=N–C) groups is 1. The van der Waals surface area contributed by atoms with Gasteiger partial charge in [0.1, 0.15) is 9.88 Å². The molecule has 1 saturated carbocycles. The summed E-state index contributed by atoms with van der Waals surface area (Å²) in [6, 6.07) is 0.265. The Morgan fingerprint density at radius 3 is 2.83 bits per heavy atom. The topological polar surface area (TPSA) is 84.8 Å². The van der Waals surface area contributed by atoms with Crippen molar-refractivity contribution in [3.63, 3.8) is 0 Å². The van der Waals surface area contributed by atoms with Crippen LogP contribution in [-0.4, -0.2) is 48.8 Å². The Hall–Kier alpha value is -0.940. The van der Waals surface area contributed by atoms with E-state index in [-0.39, 0.29) is 41.4 Å². The smallest absolute Gasteiger partial charge is 0.350 e. The maximum atomic E-state index is 12.1. The third-order valence-corrected chi connectivity index (χ3v) is 7.03. The van der Waals surface area contributed by atoms with Gasteiger partial charge >= 0.3 is 5.97 Å². The first-order chi connectivity index (χ1) is 13.3. The fourth-order valence-corrected chi connectivity index (χ4v) is 5.27. The van der Waals surface area contributed by atoms with E-state index < -0.39 is 0 Å². The molecule has 2 aliphatic rings. The fourth-order valence-electron chi connectivity index (χ4n) is 4.31. The number of guanidine groups is 1. The Labute approximate surface area is 194 Å². The van der Waals surface area contributed by atoms with Gasteiger partial charge in [-0.15, -0.1) is 35.3 Å². The van der Waals surface area contributed by atoms with Gasteiger partial charge in [0.05, 0.1) is 24.4 Å². The second-order valence-corrected chi connectivity index (χ2v) is 9.09. The van der Waals surface area contributed by atoms with Crippen LogP contribution in [0.2, 0.25) is 0 Å². The number of rotatable bonds is 6. The summed E-state index contributed by atoms with van der Waals surface area (Å²) in [5.41, 5.74) is 0.787. The highest BCUT2D eigenvalue weighted by molar-refractivity contribution is 14.0. The van der Waals surface area contributed by atoms with Crippen molar-refractivity contribution in [2.24, 2.45) is 16.3 Å². The van der Waals surface area contributed by atoms with Gasteiger partial charge in [-0.2, -0.15) is 0 Å². The lowest BCUT2D eigenvalue weighted by molar-refractivity contribution is -0.106. The minimum Gasteiger partial charge on any atom is -0.462 e. The molecule has 0 amide bonds. The Bertz CT molecular complexity index is 752. The summed E-state index contributed by atoms with van der Waals surface area (Å²) in [4.78, 5) is 21.8. The minimum absolute atomic E-state index is 0. The maximum absolute atomic E-state index is 12.1. The molecular formula is C20H33IN4O3S. The molecule has 0 bridgehead atoms. The average molecular weight is 536 g/mol. The van der Waals surface area contributed by atoms with Gasteiger partial charge in [0.15, 0.2) is 5.96 Å². The molecule has 3 rings (SSSR count). The van der Waals surface area contributed by atoms with Gasteiger partial charge in [0.2, 0.25) is 0 Å². The second-order valence-electron chi connectivity index (χ2n) is 8.06. The SMILES string of the molecule is CCN=C(NC(C)c1nc(C)c(C(=O)OCC)s1)NC1C2CCOC2C1(C)C.I. The number of thiazole rings is 1. The molecule has 1 aliphatic heterocycles. The summed E-state index contributed by atoms with van der Waals surface area (Å²) in [7, 11) is 0. The zero-order valence-electron chi connectivity index (χ0n) is 18.1. The van der Waals surface area contributed by atoms with Crippen molar-refractivity contribution in [3.8, 4) is 0 Å². The Kier molecular flexibility index (Phi) is 8.32. The van der Waals surface area contributed by atoms with Crippen molar-refractivity contribution in [3.05, 3.63) is 15.6 Å². The molecule has 0 radical (unpaired) electrons. The molecule has 4 unspecified atom stereocenters. The monoisotopic (exact) mass is 536 g/mol. The molecule has 164 valence electrons. The van der Waals surface area contributed by atoms with Crippen molar-refractivity contribution in [2.75, 3.05) is 19.8 Å². The number of esters is 1. The van der Waals surface area contributed by atoms with Crippen LogP contribution in [0.3, 0.4) is 0 Å². The first kappa shape index (κ1) is 24.3. The van der Waals surface area contributed by atoms with Crippen molar-refractivity contribution in [2.45, 2.75) is 66.2 Å². The highest BCUT2D eigenvalue weighted by Gasteiger charge is 2.59. The quantitative estimate of drug-likeness (QED) is 0.250. The van der Waals surface area contributed by atoms with Crippen LogP contribution in [0.25, 0.3) is 0 Å². The number of fused-ring (bicyclic) bond motifs is 1. The van der Waals surface area contributed by atoms with Crippen LogP contribution < -0.4 is 10.6 Å². The molecule has 2 heterocycles. The summed E-state index contributed by atoms with van der Waals surface area (Å²) in [5, 5.41) is 7.93. The molecule has 2 N–H and O–H groups in total. The Balaban J connectivity index is 0.00000300. The van der Waals surface area contributed by atoms with Crippen molar-refractivity contribution < 1.29 is 14.3 Å². The lowest BCUT2D eigenvalue weighted by Gasteiger charge is -2.55. The molecule has 0 aromatic carbocycles. The van der Waals surface area contributed by atoms with E-state index in [0.29, 0.717) is 41.8 Å². The van der Waals surface area contributed by atoms with Crippen molar-refractivity contribution in [1.29, 1.82) is 0 Å². The van der Waals surface area contributed by atoms with Crippen molar-refractivity contribution >= 4 is 47.2 Å². The lowest BCUT2D eigenvalue weighted by atomic mass is 9.57. The lowest BCUT2D eigenvalue weighted by Crippen LogP contribution is -2.68. The Morgan fingerprint density at radius 2 is 2.17 bits per heavy atom. The zero-order chi connectivity index (χ0) is 20.5. The summed E-state index contributed by atoms with van der Waals surface area (Å²) >= 11 is 1.38. The molecule has 1 aliphatic carbocycles. The van der Waals surface area contributed by atoms with Crippen molar-refractivity contribution in [1.82, 2.24) is 15.6 Å². The number of nitrogens with zero attached hydrogens (tertiary/aromatic N) is 2. The molecule has 7 nitrogen and oxygen atoms in total. The van der Waals surface area contributed by atoms with Crippen LogP contribution in [0.15, 0.2) is 4.99 Å². The van der Waals surface area contributed by atoms with Crippen LogP contribution in [0, 0.1) is 18.3 Å². The molecule has 1 aromatic rings. The van der Waals surface area contributed by atoms with E-state index in [9.17, 15) is 4.79 Å². The zero-order valence-corrected chi connectivity index (χ0v) is 21.2. The van der Waals surface area contributed by atoms with E-state index in [4.69, 9.17) is 9.47 Å². The number of hydrogen-bond acceptors (Lipinski definition) is 6. The maximum Gasteiger partial charge on any atom is 0.350 e. The summed E-state index contributed by atoms with van der Waals surface area (Å²) in [6.07, 6.45) is 1.43. The molecule has 0 spiro atoms. The third kappa shape index (κ3) is 4.87. The largest absolute Gasteiger partial charge is 0.462 e. The van der Waals surface area contributed by atoms with Crippen LogP contribution in [0.1, 0.15) is 67.5 Å². The molecular weight excluding hydrogens is 503 g/mol. The van der Waals surface area contributed by atoms with Crippen LogP contribution in [0.5, 0.6) is 0 Å². The minimum atomic E-state index is -0.306. The first-order valence-electron chi connectivity index (χ1n) is 10.1. The number of carbonyl (C=O) groups excluding carboxylic acids is 1. The summed E-state index contributed by atoms with van der Waals surface area (Å²) in [6.45, 7) is 14.1. The number of ether oxygens (including phenoxy) is 2. The predicted molar refractivity (Wildman–Crippen MR) is 126 cm³/mol. The van der Waals surface area contributed by atoms with E-state index in [0.717, 1.165) is 24.0 Å². The van der Waals surface area contributed by atoms with Gasteiger partial charge < -0.3 is 20.1 Å². The summed E-state index contributed by atoms with van der Waals surface area (Å²) in [5.74, 6) is 1.01. The Morgan fingerprint density at radius 1 is 1.45 bits per heavy atom. The normalized spacial score (nSPS) is 26.0. The first-order valence-corrected chi connectivity index (χ1v) is 10.9. The molecule has 9 heteroatoms. The highest BCUT2D eigenvalue weighted by Crippen LogP contribution is 2.52. The average Bonchev–Trinajstić information content (AvgIpc) is 3.25. The highest BCUT2D eigenvalue weighted by atomic mass is 127. The molecule has 4 atom stereocenters. The molecule has 2 fully saturated rings. The molecule has 29 heavy (non-hydrogen) atoms. The summed E-state index contributed by atoms with van der Waals surface area (Å²) < 4.78 is 11.0. The van der Waals surface area contributed by atoms with Gasteiger partial charge in [0, 0.05) is 30.5 Å². The molecule has 1 aromatic heterocycles. The van der Waals surface area contributed by atoms with Gasteiger partial charge in [-0.05, 0) is 34.1 Å². The van der Waals surface area contributed by atoms with E-state index >= 15 is 0 Å². The van der Waals surface area contributed by atoms with E-state index in [1.807, 2.05) is 20.8 Å². The van der Waals surface area contributed by atoms with Gasteiger partial charge in [0.25, 0.3) is 0 Å². The number of aromatic nitrogens is 1. The van der Waals surface area contributed by atoms with E-state index in [1.54, 1.807) is 6.92 Å². The van der Waals surface area contributed by atoms with E-state index in [2.05, 4.69) is 34.5 Å². The molecule has 1 saturated heterocycles.